The summed E-state index contributed by atoms with van der Waals surface area (Å²) in [4.78, 5) is 26.3. The first-order valence-corrected chi connectivity index (χ1v) is 12.2. The van der Waals surface area contributed by atoms with Crippen LogP contribution in [0.2, 0.25) is 0 Å². The van der Waals surface area contributed by atoms with E-state index in [2.05, 4.69) is 10.0 Å². The topological polar surface area (TPSA) is 95.6 Å². The van der Waals surface area contributed by atoms with Crippen LogP contribution in [0, 0.1) is 0 Å². The highest BCUT2D eigenvalue weighted by Crippen LogP contribution is 2.30. The molecule has 3 aromatic rings. The number of benzene rings is 3. The summed E-state index contributed by atoms with van der Waals surface area (Å²) in [7, 11) is -3.74. The Balaban J connectivity index is 1.46. The second-order valence-electron chi connectivity index (χ2n) is 7.79. The van der Waals surface area contributed by atoms with E-state index >= 15 is 0 Å². The summed E-state index contributed by atoms with van der Waals surface area (Å²) in [5.41, 5.74) is 3.81. The lowest BCUT2D eigenvalue weighted by molar-refractivity contribution is -0.115. The minimum absolute atomic E-state index is 0.0673. The number of sulfonamides is 1. The number of carbonyl (C=O) groups is 2. The number of nitrogens with zero attached hydrogens (tertiary/aromatic N) is 1. The number of carbonyl (C=O) groups excluding carboxylic acids is 2. The van der Waals surface area contributed by atoms with Crippen LogP contribution in [0.4, 0.5) is 11.4 Å². The molecule has 0 spiro atoms. The number of anilines is 2. The number of hydrogen-bond acceptors (Lipinski definition) is 4. The molecule has 0 aromatic heterocycles. The van der Waals surface area contributed by atoms with Crippen LogP contribution >= 0.6 is 0 Å². The average Bonchev–Trinajstić information content (AvgIpc) is 3.26. The fraction of sp³-hybridized carbons (Fsp3) is 0.200. The molecule has 7 nitrogen and oxygen atoms in total. The van der Waals surface area contributed by atoms with Crippen LogP contribution in [0.5, 0.6) is 0 Å². The zero-order chi connectivity index (χ0) is 23.4. The van der Waals surface area contributed by atoms with E-state index in [1.165, 1.54) is 12.1 Å². The fourth-order valence-corrected chi connectivity index (χ4v) is 4.73. The maximum Gasteiger partial charge on any atom is 0.258 e. The minimum atomic E-state index is -3.74. The monoisotopic (exact) mass is 463 g/mol. The second kappa shape index (κ2) is 9.56. The lowest BCUT2D eigenvalue weighted by Crippen LogP contribution is -2.29. The van der Waals surface area contributed by atoms with Gasteiger partial charge < -0.3 is 10.2 Å². The van der Waals surface area contributed by atoms with E-state index in [-0.39, 0.29) is 23.3 Å². The minimum Gasteiger partial charge on any atom is -0.326 e. The average molecular weight is 464 g/mol. The van der Waals surface area contributed by atoms with Gasteiger partial charge in [0.2, 0.25) is 15.9 Å². The molecule has 1 heterocycles. The maximum absolute atomic E-state index is 12.9. The predicted molar refractivity (Wildman–Crippen MR) is 128 cm³/mol. The van der Waals surface area contributed by atoms with E-state index in [0.29, 0.717) is 24.2 Å². The van der Waals surface area contributed by atoms with Gasteiger partial charge in [-0.05, 0) is 60.0 Å². The highest BCUT2D eigenvalue weighted by Gasteiger charge is 2.26. The van der Waals surface area contributed by atoms with E-state index in [1.807, 2.05) is 36.4 Å². The number of hydrogen-bond donors (Lipinski definition) is 2. The van der Waals surface area contributed by atoms with Crippen LogP contribution < -0.4 is 14.9 Å². The first-order chi connectivity index (χ1) is 15.9. The molecule has 170 valence electrons. The van der Waals surface area contributed by atoms with Gasteiger partial charge in [-0.3, -0.25) is 9.59 Å². The molecule has 0 radical (unpaired) electrons. The fourth-order valence-electron chi connectivity index (χ4n) is 3.71. The van der Waals surface area contributed by atoms with E-state index in [1.54, 1.807) is 36.1 Å². The molecule has 3 aromatic carbocycles. The van der Waals surface area contributed by atoms with Crippen molar-refractivity contribution in [1.82, 2.24) is 4.72 Å². The second-order valence-corrected chi connectivity index (χ2v) is 9.55. The first kappa shape index (κ1) is 22.7. The Kier molecular flexibility index (Phi) is 6.57. The summed E-state index contributed by atoms with van der Waals surface area (Å²) in [6.07, 6.45) is 1.11. The highest BCUT2D eigenvalue weighted by atomic mass is 32.2. The van der Waals surface area contributed by atoms with Gasteiger partial charge in [-0.1, -0.05) is 37.3 Å². The lowest BCUT2D eigenvalue weighted by atomic mass is 10.1. The summed E-state index contributed by atoms with van der Waals surface area (Å²) in [6.45, 7) is 2.43. The summed E-state index contributed by atoms with van der Waals surface area (Å²) < 4.78 is 28.1. The Morgan fingerprint density at radius 2 is 1.70 bits per heavy atom. The van der Waals surface area contributed by atoms with Crippen LogP contribution in [-0.2, 0) is 27.8 Å². The molecule has 0 aliphatic carbocycles. The standard InChI is InChI=1S/C25H25N3O4S/c1-2-24(29)27-21-10-12-22(13-11-21)33(31,32)26-17-18-8-9-19-14-15-28(23(19)16-18)25(30)20-6-4-3-5-7-20/h3-13,16,26H,2,14-15,17H2,1H3,(H,27,29). The van der Waals surface area contributed by atoms with Crippen LogP contribution in [0.1, 0.15) is 34.8 Å². The third kappa shape index (κ3) is 5.13. The normalized spacial score (nSPS) is 12.9. The van der Waals surface area contributed by atoms with Crippen LogP contribution in [0.3, 0.4) is 0 Å². The largest absolute Gasteiger partial charge is 0.326 e. The Morgan fingerprint density at radius 1 is 0.970 bits per heavy atom. The zero-order valence-corrected chi connectivity index (χ0v) is 19.1. The van der Waals surface area contributed by atoms with Gasteiger partial charge in [-0.2, -0.15) is 0 Å². The molecule has 0 fully saturated rings. The van der Waals surface area contributed by atoms with Crippen molar-refractivity contribution in [3.05, 3.63) is 89.5 Å². The zero-order valence-electron chi connectivity index (χ0n) is 18.2. The molecule has 0 unspecified atom stereocenters. The van der Waals surface area contributed by atoms with E-state index in [4.69, 9.17) is 0 Å². The number of rotatable bonds is 7. The van der Waals surface area contributed by atoms with Gasteiger partial charge in [0.05, 0.1) is 4.90 Å². The molecular weight excluding hydrogens is 438 g/mol. The smallest absolute Gasteiger partial charge is 0.258 e. The third-order valence-electron chi connectivity index (χ3n) is 5.55. The molecule has 0 saturated carbocycles. The van der Waals surface area contributed by atoms with Crippen molar-refractivity contribution in [3.8, 4) is 0 Å². The van der Waals surface area contributed by atoms with Gasteiger partial charge in [0.15, 0.2) is 0 Å². The molecule has 0 bridgehead atoms. The summed E-state index contributed by atoms with van der Waals surface area (Å²) in [5, 5.41) is 2.69. The van der Waals surface area contributed by atoms with Crippen molar-refractivity contribution in [1.29, 1.82) is 0 Å². The van der Waals surface area contributed by atoms with Gasteiger partial charge in [0, 0.05) is 36.4 Å². The molecule has 2 amide bonds. The van der Waals surface area contributed by atoms with Crippen molar-refractivity contribution in [2.45, 2.75) is 31.2 Å². The van der Waals surface area contributed by atoms with Crippen LogP contribution in [0.25, 0.3) is 0 Å². The molecule has 1 aliphatic heterocycles. The third-order valence-corrected chi connectivity index (χ3v) is 6.96. The SMILES string of the molecule is CCC(=O)Nc1ccc(S(=O)(=O)NCc2ccc3c(c2)N(C(=O)c2ccccc2)CC3)cc1. The van der Waals surface area contributed by atoms with Gasteiger partial charge in [-0.15, -0.1) is 0 Å². The van der Waals surface area contributed by atoms with Crippen LogP contribution in [-0.4, -0.2) is 26.8 Å². The van der Waals surface area contributed by atoms with Gasteiger partial charge >= 0.3 is 0 Å². The van der Waals surface area contributed by atoms with E-state index in [9.17, 15) is 18.0 Å². The van der Waals surface area contributed by atoms with E-state index < -0.39 is 10.0 Å². The molecule has 0 atom stereocenters. The first-order valence-electron chi connectivity index (χ1n) is 10.8. The molecule has 4 rings (SSSR count). The lowest BCUT2D eigenvalue weighted by Gasteiger charge is -2.18. The highest BCUT2D eigenvalue weighted by molar-refractivity contribution is 7.89. The summed E-state index contributed by atoms with van der Waals surface area (Å²) in [6, 6.07) is 20.8. The Hall–Kier alpha value is -3.49. The van der Waals surface area contributed by atoms with Crippen molar-refractivity contribution in [2.75, 3.05) is 16.8 Å². The molecule has 8 heteroatoms. The molecule has 33 heavy (non-hydrogen) atoms. The molecule has 1 aliphatic rings. The molecule has 2 N–H and O–H groups in total. The molecular formula is C25H25N3O4S. The predicted octanol–water partition coefficient (Wildman–Crippen LogP) is 3.72. The van der Waals surface area contributed by atoms with E-state index in [0.717, 1.165) is 23.2 Å². The number of amides is 2. The summed E-state index contributed by atoms with van der Waals surface area (Å²) in [5.74, 6) is -0.206. The van der Waals surface area contributed by atoms with Crippen molar-refractivity contribution < 1.29 is 18.0 Å². The number of fused-ring (bicyclic) bond motifs is 1. The van der Waals surface area contributed by atoms with Crippen molar-refractivity contribution in [2.24, 2.45) is 0 Å². The van der Waals surface area contributed by atoms with Gasteiger partial charge in [-0.25, -0.2) is 13.1 Å². The number of nitrogens with one attached hydrogen (secondary N) is 2. The quantitative estimate of drug-likeness (QED) is 0.558. The Labute approximate surface area is 193 Å². The Bertz CT molecular complexity index is 1270. The van der Waals surface area contributed by atoms with Crippen molar-refractivity contribution >= 4 is 33.2 Å². The van der Waals surface area contributed by atoms with Gasteiger partial charge in [0.1, 0.15) is 0 Å². The maximum atomic E-state index is 12.9. The van der Waals surface area contributed by atoms with Gasteiger partial charge in [0.25, 0.3) is 5.91 Å². The Morgan fingerprint density at radius 3 is 2.39 bits per heavy atom. The van der Waals surface area contributed by atoms with Crippen molar-refractivity contribution in [3.63, 3.8) is 0 Å². The molecule has 0 saturated heterocycles. The summed E-state index contributed by atoms with van der Waals surface area (Å²) >= 11 is 0. The van der Waals surface area contributed by atoms with Crippen LogP contribution in [0.15, 0.2) is 77.7 Å².